The van der Waals surface area contributed by atoms with Crippen LogP contribution in [-0.4, -0.2) is 42.1 Å². The van der Waals surface area contributed by atoms with Crippen molar-refractivity contribution in [3.8, 4) is 0 Å². The average molecular weight is 334 g/mol. The van der Waals surface area contributed by atoms with Crippen molar-refractivity contribution in [3.63, 3.8) is 0 Å². The molecule has 0 saturated carbocycles. The van der Waals surface area contributed by atoms with E-state index >= 15 is 0 Å². The first-order chi connectivity index (χ1) is 11.1. The summed E-state index contributed by atoms with van der Waals surface area (Å²) in [5, 5.41) is 2.99. The highest BCUT2D eigenvalue weighted by Gasteiger charge is 2.24. The summed E-state index contributed by atoms with van der Waals surface area (Å²) in [6, 6.07) is 10.0. The van der Waals surface area contributed by atoms with Crippen molar-refractivity contribution in [2.75, 3.05) is 25.4 Å². The molecule has 1 fully saturated rings. The van der Waals surface area contributed by atoms with Crippen LogP contribution in [0, 0.1) is 11.8 Å². The quantitative estimate of drug-likeness (QED) is 0.814. The summed E-state index contributed by atoms with van der Waals surface area (Å²) in [4.78, 5) is 27.1. The second-order valence-corrected chi connectivity index (χ2v) is 7.40. The molecule has 0 aliphatic carbocycles. The zero-order valence-electron chi connectivity index (χ0n) is 14.0. The van der Waals surface area contributed by atoms with Crippen LogP contribution in [0.4, 0.5) is 0 Å². The van der Waals surface area contributed by atoms with Crippen molar-refractivity contribution >= 4 is 23.6 Å². The van der Waals surface area contributed by atoms with Crippen LogP contribution in [0.2, 0.25) is 0 Å². The molecule has 0 radical (unpaired) electrons. The number of amides is 2. The molecule has 1 heterocycles. The summed E-state index contributed by atoms with van der Waals surface area (Å²) in [5.41, 5.74) is 0. The molecule has 1 aliphatic rings. The third-order valence-electron chi connectivity index (χ3n) is 4.07. The van der Waals surface area contributed by atoms with Gasteiger partial charge in [0.25, 0.3) is 0 Å². The Balaban J connectivity index is 1.76. The molecule has 0 bridgehead atoms. The van der Waals surface area contributed by atoms with Gasteiger partial charge in [-0.1, -0.05) is 32.0 Å². The maximum Gasteiger partial charge on any atom is 0.232 e. The van der Waals surface area contributed by atoms with Gasteiger partial charge in [-0.05, 0) is 30.9 Å². The van der Waals surface area contributed by atoms with Gasteiger partial charge in [-0.15, -0.1) is 11.8 Å². The largest absolute Gasteiger partial charge is 0.356 e. The summed E-state index contributed by atoms with van der Waals surface area (Å²) in [6.45, 7) is 6.06. The number of likely N-dealkylation sites (tertiary alicyclic amines) is 1. The molecule has 1 N–H and O–H groups in total. The molecule has 1 aliphatic heterocycles. The third-order valence-corrected chi connectivity index (χ3v) is 5.06. The maximum atomic E-state index is 12.4. The zero-order chi connectivity index (χ0) is 16.7. The first-order valence-electron chi connectivity index (χ1n) is 8.29. The van der Waals surface area contributed by atoms with Gasteiger partial charge in [-0.25, -0.2) is 0 Å². The number of nitrogens with one attached hydrogen (secondary N) is 1. The molecule has 5 heteroatoms. The topological polar surface area (TPSA) is 49.4 Å². The lowest BCUT2D eigenvalue weighted by molar-refractivity contribution is -0.130. The van der Waals surface area contributed by atoms with Gasteiger partial charge in [-0.2, -0.15) is 0 Å². The molecule has 1 aromatic carbocycles. The van der Waals surface area contributed by atoms with Crippen molar-refractivity contribution < 1.29 is 9.59 Å². The Hall–Kier alpha value is -1.49. The van der Waals surface area contributed by atoms with Crippen molar-refractivity contribution in [1.82, 2.24) is 10.2 Å². The third kappa shape index (κ3) is 5.90. The SMILES string of the molecule is CC(C)C(=O)NC[C@@H]1CCCN(C(=O)CSc2ccccc2)C1. The molecule has 0 spiro atoms. The number of benzene rings is 1. The standard InChI is InChI=1S/C18H26N2O2S/c1-14(2)18(22)19-11-15-7-6-10-20(12-15)17(21)13-23-16-8-4-3-5-9-16/h3-5,8-9,14-15H,6-7,10-13H2,1-2H3,(H,19,22)/t15-/m0/s1. The average Bonchev–Trinajstić information content (AvgIpc) is 2.58. The minimum Gasteiger partial charge on any atom is -0.356 e. The number of carbonyl (C=O) groups excluding carboxylic acids is 2. The van der Waals surface area contributed by atoms with E-state index in [-0.39, 0.29) is 17.7 Å². The fourth-order valence-electron chi connectivity index (χ4n) is 2.66. The Bertz CT molecular complexity index is 519. The van der Waals surface area contributed by atoms with Gasteiger partial charge in [0.15, 0.2) is 0 Å². The Labute approximate surface area is 143 Å². The Morgan fingerprint density at radius 2 is 2.04 bits per heavy atom. The predicted molar refractivity (Wildman–Crippen MR) is 94.3 cm³/mol. The zero-order valence-corrected chi connectivity index (χ0v) is 14.8. The van der Waals surface area contributed by atoms with E-state index in [1.807, 2.05) is 49.1 Å². The van der Waals surface area contributed by atoms with Gasteiger partial charge in [0.2, 0.25) is 11.8 Å². The number of carbonyl (C=O) groups is 2. The first-order valence-corrected chi connectivity index (χ1v) is 9.28. The van der Waals surface area contributed by atoms with Crippen molar-refractivity contribution in [2.24, 2.45) is 11.8 Å². The summed E-state index contributed by atoms with van der Waals surface area (Å²) in [5.74, 6) is 1.15. The number of hydrogen-bond acceptors (Lipinski definition) is 3. The lowest BCUT2D eigenvalue weighted by Gasteiger charge is -2.33. The minimum absolute atomic E-state index is 0.0126. The molecule has 0 aromatic heterocycles. The summed E-state index contributed by atoms with van der Waals surface area (Å²) < 4.78 is 0. The smallest absolute Gasteiger partial charge is 0.232 e. The summed E-state index contributed by atoms with van der Waals surface area (Å²) in [6.07, 6.45) is 2.10. The van der Waals surface area contributed by atoms with Gasteiger partial charge in [0.05, 0.1) is 5.75 Å². The Morgan fingerprint density at radius 3 is 2.74 bits per heavy atom. The number of hydrogen-bond donors (Lipinski definition) is 1. The second kappa shape index (κ2) is 8.96. The van der Waals surface area contributed by atoms with Crippen molar-refractivity contribution in [1.29, 1.82) is 0 Å². The normalized spacial score (nSPS) is 18.0. The first kappa shape index (κ1) is 17.9. The molecule has 1 atom stereocenters. The molecule has 23 heavy (non-hydrogen) atoms. The number of nitrogens with zero attached hydrogens (tertiary/aromatic N) is 1. The monoisotopic (exact) mass is 334 g/mol. The van der Waals surface area contributed by atoms with E-state index in [4.69, 9.17) is 0 Å². The lowest BCUT2D eigenvalue weighted by atomic mass is 9.97. The van der Waals surface area contributed by atoms with Crippen LogP contribution in [0.5, 0.6) is 0 Å². The van der Waals surface area contributed by atoms with Crippen LogP contribution in [0.25, 0.3) is 0 Å². The van der Waals surface area contributed by atoms with Crippen LogP contribution in [-0.2, 0) is 9.59 Å². The Morgan fingerprint density at radius 1 is 1.30 bits per heavy atom. The maximum absolute atomic E-state index is 12.4. The van der Waals surface area contributed by atoms with E-state index in [1.54, 1.807) is 11.8 Å². The van der Waals surface area contributed by atoms with E-state index < -0.39 is 0 Å². The number of rotatable bonds is 6. The van der Waals surface area contributed by atoms with E-state index in [0.717, 1.165) is 30.8 Å². The molecule has 1 aromatic rings. The van der Waals surface area contributed by atoms with Crippen molar-refractivity contribution in [2.45, 2.75) is 31.6 Å². The van der Waals surface area contributed by atoms with E-state index in [1.165, 1.54) is 0 Å². The van der Waals surface area contributed by atoms with Crippen LogP contribution in [0.1, 0.15) is 26.7 Å². The van der Waals surface area contributed by atoms with Gasteiger partial charge in [0.1, 0.15) is 0 Å². The van der Waals surface area contributed by atoms with Gasteiger partial charge < -0.3 is 10.2 Å². The van der Waals surface area contributed by atoms with Gasteiger partial charge >= 0.3 is 0 Å². The highest BCUT2D eigenvalue weighted by atomic mass is 32.2. The van der Waals surface area contributed by atoms with Crippen molar-refractivity contribution in [3.05, 3.63) is 30.3 Å². The van der Waals surface area contributed by atoms with Gasteiger partial charge in [0, 0.05) is 30.4 Å². The lowest BCUT2D eigenvalue weighted by Crippen LogP contribution is -2.44. The highest BCUT2D eigenvalue weighted by Crippen LogP contribution is 2.20. The molecule has 4 nitrogen and oxygen atoms in total. The molecule has 126 valence electrons. The fourth-order valence-corrected chi connectivity index (χ4v) is 3.48. The van der Waals surface area contributed by atoms with Crippen LogP contribution in [0.15, 0.2) is 35.2 Å². The van der Waals surface area contributed by atoms with E-state index in [9.17, 15) is 9.59 Å². The van der Waals surface area contributed by atoms with Gasteiger partial charge in [-0.3, -0.25) is 9.59 Å². The van der Waals surface area contributed by atoms with Crippen LogP contribution >= 0.6 is 11.8 Å². The minimum atomic E-state index is 0.0126. The fraction of sp³-hybridized carbons (Fsp3) is 0.556. The summed E-state index contributed by atoms with van der Waals surface area (Å²) >= 11 is 1.58. The predicted octanol–water partition coefficient (Wildman–Crippen LogP) is 2.79. The summed E-state index contributed by atoms with van der Waals surface area (Å²) in [7, 11) is 0. The molecule has 2 amide bonds. The molecular formula is C18H26N2O2S. The highest BCUT2D eigenvalue weighted by molar-refractivity contribution is 8.00. The number of thioether (sulfide) groups is 1. The number of piperidine rings is 1. The van der Waals surface area contributed by atoms with Crippen LogP contribution in [0.3, 0.4) is 0 Å². The second-order valence-electron chi connectivity index (χ2n) is 6.35. The van der Waals surface area contributed by atoms with E-state index in [0.29, 0.717) is 18.2 Å². The Kier molecular flexibility index (Phi) is 6.96. The molecule has 1 saturated heterocycles. The van der Waals surface area contributed by atoms with E-state index in [2.05, 4.69) is 5.32 Å². The van der Waals surface area contributed by atoms with Crippen LogP contribution < -0.4 is 5.32 Å². The molecule has 2 rings (SSSR count). The molecular weight excluding hydrogens is 308 g/mol. The molecule has 0 unspecified atom stereocenters.